The molecule has 0 saturated carbocycles. The molecule has 6 nitrogen and oxygen atoms in total. The van der Waals surface area contributed by atoms with Gasteiger partial charge in [0.25, 0.3) is 5.91 Å². The van der Waals surface area contributed by atoms with Crippen LogP contribution in [0.4, 0.5) is 23.2 Å². The number of alkyl halides is 3. The molecule has 1 fully saturated rings. The third-order valence-corrected chi connectivity index (χ3v) is 5.63. The number of rotatable bonds is 5. The summed E-state index contributed by atoms with van der Waals surface area (Å²) in [5.74, 6) is -1.60. The molecule has 174 valence electrons. The largest absolute Gasteiger partial charge is 0.480 e. The van der Waals surface area contributed by atoms with Crippen molar-refractivity contribution in [1.82, 2.24) is 10.3 Å². The Bertz CT molecular complexity index is 1030. The first kappa shape index (κ1) is 24.1. The number of carbonyl (C=O) groups is 1. The van der Waals surface area contributed by atoms with Crippen LogP contribution in [0.5, 0.6) is 5.88 Å². The van der Waals surface area contributed by atoms with Crippen LogP contribution in [0.15, 0.2) is 24.4 Å². The van der Waals surface area contributed by atoms with E-state index in [4.69, 9.17) is 22.1 Å². The molecule has 11 heteroatoms. The van der Waals surface area contributed by atoms with Crippen LogP contribution in [-0.4, -0.2) is 48.8 Å². The molecule has 2 atom stereocenters. The summed E-state index contributed by atoms with van der Waals surface area (Å²) in [4.78, 5) is 18.8. The number of nitrogens with two attached hydrogens (primary N) is 1. The van der Waals surface area contributed by atoms with Crippen LogP contribution >= 0.6 is 11.6 Å². The van der Waals surface area contributed by atoms with Crippen molar-refractivity contribution in [1.29, 1.82) is 0 Å². The van der Waals surface area contributed by atoms with Gasteiger partial charge in [0.2, 0.25) is 5.88 Å². The number of hydrogen-bond donors (Lipinski definition) is 2. The van der Waals surface area contributed by atoms with E-state index in [-0.39, 0.29) is 27.7 Å². The standard InChI is InChI=1S/C21H23ClF4N4O2/c1-11(21(24,25)26)29-18(31)13-9-28-19(32-3)16(12-4-5-14(22)15(23)8-12)17(13)30-7-6-20(2,27)10-30/h4-5,8-9,11H,6-7,10,27H2,1-3H3,(H,29,31)/t11-,20-/m0/s1. The minimum atomic E-state index is -4.62. The van der Waals surface area contributed by atoms with Gasteiger partial charge in [-0.1, -0.05) is 17.7 Å². The van der Waals surface area contributed by atoms with Gasteiger partial charge in [-0.3, -0.25) is 4.79 Å². The van der Waals surface area contributed by atoms with Crippen LogP contribution in [0.1, 0.15) is 30.6 Å². The van der Waals surface area contributed by atoms with Crippen molar-refractivity contribution in [2.24, 2.45) is 5.73 Å². The van der Waals surface area contributed by atoms with Crippen LogP contribution in [0.25, 0.3) is 11.1 Å². The van der Waals surface area contributed by atoms with Crippen LogP contribution in [-0.2, 0) is 0 Å². The average Bonchev–Trinajstić information content (AvgIpc) is 3.07. The van der Waals surface area contributed by atoms with E-state index in [0.717, 1.165) is 19.2 Å². The van der Waals surface area contributed by atoms with E-state index in [1.54, 1.807) is 4.90 Å². The van der Waals surface area contributed by atoms with Gasteiger partial charge < -0.3 is 20.7 Å². The van der Waals surface area contributed by atoms with Gasteiger partial charge in [-0.15, -0.1) is 0 Å². The SMILES string of the molecule is COc1ncc(C(=O)N[C@@H](C)C(F)(F)F)c(N2CC[C@](C)(N)C2)c1-c1ccc(Cl)c(F)c1. The molecule has 0 radical (unpaired) electrons. The highest BCUT2D eigenvalue weighted by atomic mass is 35.5. The Balaban J connectivity index is 2.21. The molecule has 1 aliphatic heterocycles. The highest BCUT2D eigenvalue weighted by Gasteiger charge is 2.39. The number of benzene rings is 1. The first-order valence-electron chi connectivity index (χ1n) is 9.78. The minimum Gasteiger partial charge on any atom is -0.480 e. The van der Waals surface area contributed by atoms with E-state index in [9.17, 15) is 22.4 Å². The highest BCUT2D eigenvalue weighted by Crippen LogP contribution is 2.42. The van der Waals surface area contributed by atoms with Gasteiger partial charge in [0.05, 0.1) is 28.9 Å². The molecule has 1 aromatic heterocycles. The van der Waals surface area contributed by atoms with Crippen LogP contribution in [0, 0.1) is 5.82 Å². The smallest absolute Gasteiger partial charge is 0.408 e. The summed E-state index contributed by atoms with van der Waals surface area (Å²) in [5.41, 5.74) is 6.38. The summed E-state index contributed by atoms with van der Waals surface area (Å²) in [7, 11) is 1.35. The third-order valence-electron chi connectivity index (χ3n) is 5.32. The number of ether oxygens (including phenoxy) is 1. The zero-order valence-corrected chi connectivity index (χ0v) is 18.4. The number of carbonyl (C=O) groups excluding carboxylic acids is 1. The molecular formula is C21H23ClF4N4O2. The minimum absolute atomic E-state index is 0.0766. The Morgan fingerprint density at radius 2 is 2.09 bits per heavy atom. The van der Waals surface area contributed by atoms with Gasteiger partial charge in [0.15, 0.2) is 0 Å². The lowest BCUT2D eigenvalue weighted by molar-refractivity contribution is -0.149. The van der Waals surface area contributed by atoms with Crippen molar-refractivity contribution in [3.63, 3.8) is 0 Å². The number of nitrogens with one attached hydrogen (secondary N) is 1. The lowest BCUT2D eigenvalue weighted by Crippen LogP contribution is -2.44. The van der Waals surface area contributed by atoms with Crippen LogP contribution < -0.4 is 20.7 Å². The quantitative estimate of drug-likeness (QED) is 0.636. The Labute approximate surface area is 187 Å². The van der Waals surface area contributed by atoms with E-state index in [1.807, 2.05) is 12.2 Å². The number of aromatic nitrogens is 1. The summed E-state index contributed by atoms with van der Waals surface area (Å²) < 4.78 is 58.7. The topological polar surface area (TPSA) is 80.5 Å². The summed E-state index contributed by atoms with van der Waals surface area (Å²) >= 11 is 5.81. The molecule has 3 N–H and O–H groups in total. The Hall–Kier alpha value is -2.59. The second-order valence-corrected chi connectivity index (χ2v) is 8.50. The average molecular weight is 475 g/mol. The molecule has 2 heterocycles. The molecule has 1 aliphatic rings. The third kappa shape index (κ3) is 4.91. The lowest BCUT2D eigenvalue weighted by Gasteiger charge is -2.28. The van der Waals surface area contributed by atoms with Gasteiger partial charge in [-0.25, -0.2) is 9.37 Å². The van der Waals surface area contributed by atoms with Gasteiger partial charge in [-0.2, -0.15) is 13.2 Å². The van der Waals surface area contributed by atoms with E-state index >= 15 is 0 Å². The molecule has 0 unspecified atom stereocenters. The van der Waals surface area contributed by atoms with Gasteiger partial charge in [0, 0.05) is 24.8 Å². The van der Waals surface area contributed by atoms with E-state index in [1.165, 1.54) is 19.2 Å². The van der Waals surface area contributed by atoms with Crippen molar-refractivity contribution < 1.29 is 27.1 Å². The summed E-state index contributed by atoms with van der Waals surface area (Å²) in [5, 5.41) is 1.85. The molecule has 0 aliphatic carbocycles. The number of nitrogens with zero attached hydrogens (tertiary/aromatic N) is 2. The van der Waals surface area contributed by atoms with Crippen molar-refractivity contribution >= 4 is 23.2 Å². The first-order chi connectivity index (χ1) is 14.8. The second kappa shape index (κ2) is 8.74. The normalized spacial score (nSPS) is 19.7. The summed E-state index contributed by atoms with van der Waals surface area (Å²) in [6, 6.07) is 1.93. The number of amides is 1. The van der Waals surface area contributed by atoms with Crippen molar-refractivity contribution in [2.75, 3.05) is 25.1 Å². The molecule has 3 rings (SSSR count). The number of hydrogen-bond acceptors (Lipinski definition) is 5. The first-order valence-corrected chi connectivity index (χ1v) is 10.2. The van der Waals surface area contributed by atoms with Gasteiger partial charge in [0.1, 0.15) is 11.9 Å². The molecule has 32 heavy (non-hydrogen) atoms. The van der Waals surface area contributed by atoms with Crippen molar-refractivity contribution in [2.45, 2.75) is 38.0 Å². The Kier molecular flexibility index (Phi) is 6.57. The molecule has 1 saturated heterocycles. The zero-order chi connectivity index (χ0) is 23.8. The monoisotopic (exact) mass is 474 g/mol. The summed E-state index contributed by atoms with van der Waals surface area (Å²) in [6.07, 6.45) is -2.90. The predicted octanol–water partition coefficient (Wildman–Crippen LogP) is 4.16. The second-order valence-electron chi connectivity index (χ2n) is 8.10. The van der Waals surface area contributed by atoms with E-state index < -0.39 is 29.5 Å². The highest BCUT2D eigenvalue weighted by molar-refractivity contribution is 6.30. The molecule has 0 spiro atoms. The molecule has 1 amide bonds. The van der Waals surface area contributed by atoms with Crippen LogP contribution in [0.2, 0.25) is 5.02 Å². The van der Waals surface area contributed by atoms with Gasteiger partial charge >= 0.3 is 6.18 Å². The van der Waals surface area contributed by atoms with Crippen molar-refractivity contribution in [3.05, 3.63) is 40.8 Å². The fourth-order valence-electron chi connectivity index (χ4n) is 3.58. The molecule has 2 aromatic rings. The number of halogens is 5. The van der Waals surface area contributed by atoms with Gasteiger partial charge in [-0.05, 0) is 38.0 Å². The molecule has 1 aromatic carbocycles. The van der Waals surface area contributed by atoms with E-state index in [0.29, 0.717) is 25.1 Å². The summed E-state index contributed by atoms with van der Waals surface area (Å²) in [6.45, 7) is 3.42. The maximum atomic E-state index is 14.3. The predicted molar refractivity (Wildman–Crippen MR) is 114 cm³/mol. The van der Waals surface area contributed by atoms with Crippen LogP contribution in [0.3, 0.4) is 0 Å². The fraction of sp³-hybridized carbons (Fsp3) is 0.429. The van der Waals surface area contributed by atoms with Crippen molar-refractivity contribution in [3.8, 4) is 17.0 Å². The Morgan fingerprint density at radius 1 is 1.41 bits per heavy atom. The Morgan fingerprint density at radius 3 is 2.62 bits per heavy atom. The maximum Gasteiger partial charge on any atom is 0.408 e. The number of pyridine rings is 1. The number of anilines is 1. The maximum absolute atomic E-state index is 14.3. The number of methoxy groups -OCH3 is 1. The molecule has 0 bridgehead atoms. The fourth-order valence-corrected chi connectivity index (χ4v) is 3.70. The lowest BCUT2D eigenvalue weighted by atomic mass is 10.00. The molecular weight excluding hydrogens is 452 g/mol. The van der Waals surface area contributed by atoms with E-state index in [2.05, 4.69) is 4.98 Å². The zero-order valence-electron chi connectivity index (χ0n) is 17.7.